The lowest BCUT2D eigenvalue weighted by atomic mass is 9.99. The molecule has 0 saturated carbocycles. The highest BCUT2D eigenvalue weighted by Crippen LogP contribution is 2.36. The third-order valence-electron chi connectivity index (χ3n) is 6.62. The number of halogens is 4. The number of hydrogen-bond acceptors (Lipinski definition) is 4. The number of aryl methyl sites for hydroxylation is 2. The van der Waals surface area contributed by atoms with Gasteiger partial charge >= 0.3 is 6.18 Å². The zero-order valence-electron chi connectivity index (χ0n) is 20.7. The van der Waals surface area contributed by atoms with Crippen LogP contribution in [0, 0.1) is 6.92 Å². The first-order valence-electron chi connectivity index (χ1n) is 11.8. The Bertz CT molecular complexity index is 1810. The van der Waals surface area contributed by atoms with E-state index in [0.717, 1.165) is 28.1 Å². The number of alkyl halides is 3. The number of H-pyrrole nitrogens is 1. The van der Waals surface area contributed by atoms with Crippen LogP contribution in [0.3, 0.4) is 0 Å². The molecule has 8 nitrogen and oxygen atoms in total. The minimum absolute atomic E-state index is 0.141. The maximum absolute atomic E-state index is 13.2. The van der Waals surface area contributed by atoms with Gasteiger partial charge < -0.3 is 18.7 Å². The topological polar surface area (TPSA) is 108 Å². The number of aromatic amines is 1. The van der Waals surface area contributed by atoms with E-state index in [9.17, 15) is 26.7 Å². The summed E-state index contributed by atoms with van der Waals surface area (Å²) in [4.78, 5) is 20.3. The second kappa shape index (κ2) is 10.3. The number of imidazole rings is 1. The maximum Gasteiger partial charge on any atom is 0.417 e. The number of aromatic nitrogens is 4. The van der Waals surface area contributed by atoms with Crippen LogP contribution in [-0.4, -0.2) is 34.4 Å². The first kappa shape index (κ1) is 27.1. The van der Waals surface area contributed by atoms with Gasteiger partial charge in [-0.3, -0.25) is 9.00 Å². The number of hydrogen-bond donors (Lipinski definition) is 2. The summed E-state index contributed by atoms with van der Waals surface area (Å²) in [6.45, 7) is 2.14. The minimum atomic E-state index is -4.56. The highest BCUT2D eigenvalue weighted by atomic mass is 35.5. The lowest BCUT2D eigenvalue weighted by Gasteiger charge is -2.14. The van der Waals surface area contributed by atoms with Gasteiger partial charge in [-0.05, 0) is 60.4 Å². The number of benzene rings is 2. The van der Waals surface area contributed by atoms with Crippen LogP contribution in [-0.2, 0) is 37.5 Å². The van der Waals surface area contributed by atoms with E-state index in [2.05, 4.69) is 9.71 Å². The molecule has 204 valence electrons. The van der Waals surface area contributed by atoms with E-state index in [-0.39, 0.29) is 23.7 Å². The van der Waals surface area contributed by atoms with E-state index in [1.54, 1.807) is 26.4 Å². The van der Waals surface area contributed by atoms with Crippen LogP contribution in [0.2, 0.25) is 5.02 Å². The molecule has 5 aromatic rings. The SMILES string of the molecule is Cc1nc2c(CCNS(=O)[O-])cc(-c3cn(C)c(=O)c4[nH]ccc34)cc2n1Cc1ccc(C(F)(F)F)c(Cl)c1. The van der Waals surface area contributed by atoms with E-state index < -0.39 is 23.0 Å². The Labute approximate surface area is 227 Å². The van der Waals surface area contributed by atoms with Gasteiger partial charge in [0, 0.05) is 54.7 Å². The monoisotopic (exact) mass is 576 g/mol. The molecule has 13 heteroatoms. The predicted molar refractivity (Wildman–Crippen MR) is 143 cm³/mol. The van der Waals surface area contributed by atoms with Crippen molar-refractivity contribution in [1.82, 2.24) is 23.8 Å². The van der Waals surface area contributed by atoms with Gasteiger partial charge in [0.05, 0.1) is 21.6 Å². The van der Waals surface area contributed by atoms with Crippen molar-refractivity contribution in [2.24, 2.45) is 7.05 Å². The predicted octanol–water partition coefficient (Wildman–Crippen LogP) is 4.84. The zero-order chi connectivity index (χ0) is 28.1. The summed E-state index contributed by atoms with van der Waals surface area (Å²) < 4.78 is 67.4. The lowest BCUT2D eigenvalue weighted by molar-refractivity contribution is -0.137. The highest BCUT2D eigenvalue weighted by molar-refractivity contribution is 7.77. The van der Waals surface area contributed by atoms with Crippen molar-refractivity contribution >= 4 is 44.8 Å². The molecule has 0 saturated heterocycles. The summed E-state index contributed by atoms with van der Waals surface area (Å²) in [6, 6.07) is 9.28. The average Bonchev–Trinajstić information content (AvgIpc) is 3.46. The fourth-order valence-electron chi connectivity index (χ4n) is 4.79. The van der Waals surface area contributed by atoms with Gasteiger partial charge in [-0.15, -0.1) is 0 Å². The standard InChI is InChI=1S/C26H23ClF3N5O3S/c1-14-33-23-16(5-8-32-39(37)38)10-17(19-13-34(2)25(36)24-18(19)6-7-31-24)11-22(23)35(14)12-15-3-4-20(21(27)9-15)26(28,29)30/h3-4,6-7,9-11,13,31-32H,5,8,12H2,1-2H3,(H,37,38)/p-1. The van der Waals surface area contributed by atoms with Crippen molar-refractivity contribution < 1.29 is 21.9 Å². The van der Waals surface area contributed by atoms with Crippen molar-refractivity contribution in [2.45, 2.75) is 26.1 Å². The van der Waals surface area contributed by atoms with E-state index in [1.807, 2.05) is 22.8 Å². The Morgan fingerprint density at radius 2 is 1.97 bits per heavy atom. The Morgan fingerprint density at radius 1 is 1.21 bits per heavy atom. The van der Waals surface area contributed by atoms with Crippen molar-refractivity contribution in [2.75, 3.05) is 6.54 Å². The molecule has 0 fully saturated rings. The van der Waals surface area contributed by atoms with E-state index in [4.69, 9.17) is 16.6 Å². The Hall–Kier alpha value is -3.45. The van der Waals surface area contributed by atoms with Crippen LogP contribution in [0.15, 0.2) is 53.6 Å². The Kier molecular flexibility index (Phi) is 7.14. The number of pyridine rings is 1. The molecule has 3 heterocycles. The quantitative estimate of drug-likeness (QED) is 0.270. The van der Waals surface area contributed by atoms with Gasteiger partial charge in [-0.25, -0.2) is 9.71 Å². The average molecular weight is 577 g/mol. The summed E-state index contributed by atoms with van der Waals surface area (Å²) in [7, 11) is 1.65. The molecule has 0 radical (unpaired) electrons. The molecule has 3 aromatic heterocycles. The summed E-state index contributed by atoms with van der Waals surface area (Å²) in [6.07, 6.45) is -0.802. The number of rotatable bonds is 7. The highest BCUT2D eigenvalue weighted by Gasteiger charge is 2.33. The largest absolute Gasteiger partial charge is 0.760 e. The number of nitrogens with one attached hydrogen (secondary N) is 2. The summed E-state index contributed by atoms with van der Waals surface area (Å²) in [5, 5.41) is 0.333. The summed E-state index contributed by atoms with van der Waals surface area (Å²) in [5.74, 6) is 0.618. The van der Waals surface area contributed by atoms with Gasteiger partial charge in [0.2, 0.25) is 0 Å². The molecule has 2 aromatic carbocycles. The van der Waals surface area contributed by atoms with Gasteiger partial charge in [-0.2, -0.15) is 13.2 Å². The minimum Gasteiger partial charge on any atom is -0.760 e. The van der Waals surface area contributed by atoms with Crippen molar-refractivity contribution in [3.63, 3.8) is 0 Å². The normalized spacial score (nSPS) is 13.0. The van der Waals surface area contributed by atoms with Gasteiger partial charge in [0.25, 0.3) is 5.56 Å². The molecule has 0 aliphatic rings. The molecule has 0 spiro atoms. The van der Waals surface area contributed by atoms with Gasteiger partial charge in [0.15, 0.2) is 0 Å². The van der Waals surface area contributed by atoms with Crippen LogP contribution in [0.5, 0.6) is 0 Å². The molecule has 0 bridgehead atoms. The molecule has 0 aliphatic heterocycles. The zero-order valence-corrected chi connectivity index (χ0v) is 22.3. The van der Waals surface area contributed by atoms with Crippen molar-refractivity contribution in [3.05, 3.63) is 86.7 Å². The fraction of sp³-hybridized carbons (Fsp3) is 0.231. The van der Waals surface area contributed by atoms with Crippen LogP contribution in [0.1, 0.15) is 22.5 Å². The van der Waals surface area contributed by atoms with Crippen LogP contribution < -0.4 is 10.3 Å². The molecule has 39 heavy (non-hydrogen) atoms. The second-order valence-electron chi connectivity index (χ2n) is 9.16. The smallest absolute Gasteiger partial charge is 0.417 e. The van der Waals surface area contributed by atoms with Crippen LogP contribution >= 0.6 is 11.6 Å². The van der Waals surface area contributed by atoms with Crippen molar-refractivity contribution in [3.8, 4) is 11.1 Å². The van der Waals surface area contributed by atoms with Crippen molar-refractivity contribution in [1.29, 1.82) is 0 Å². The molecule has 1 unspecified atom stereocenters. The van der Waals surface area contributed by atoms with E-state index in [0.29, 0.717) is 34.4 Å². The first-order chi connectivity index (χ1) is 18.4. The third-order valence-corrected chi connectivity index (χ3v) is 7.38. The third kappa shape index (κ3) is 5.24. The lowest BCUT2D eigenvalue weighted by Crippen LogP contribution is -2.19. The molecule has 0 aliphatic carbocycles. The maximum atomic E-state index is 13.2. The van der Waals surface area contributed by atoms with Gasteiger partial charge in [0.1, 0.15) is 11.3 Å². The molecule has 1 atom stereocenters. The number of fused-ring (bicyclic) bond motifs is 2. The van der Waals surface area contributed by atoms with E-state index in [1.165, 1.54) is 16.7 Å². The first-order valence-corrected chi connectivity index (χ1v) is 13.2. The Balaban J connectivity index is 1.67. The molecule has 0 amide bonds. The summed E-state index contributed by atoms with van der Waals surface area (Å²) >= 11 is 3.53. The van der Waals surface area contributed by atoms with Crippen LogP contribution in [0.25, 0.3) is 33.1 Å². The van der Waals surface area contributed by atoms with Gasteiger partial charge in [-0.1, -0.05) is 17.7 Å². The number of nitrogens with zero attached hydrogens (tertiary/aromatic N) is 3. The molecular formula is C26H22ClF3N5O3S-. The molecule has 5 rings (SSSR count). The molecule has 2 N–H and O–H groups in total. The summed E-state index contributed by atoms with van der Waals surface area (Å²) in [5.41, 5.74) is 3.59. The van der Waals surface area contributed by atoms with Crippen LogP contribution in [0.4, 0.5) is 13.2 Å². The fourth-order valence-corrected chi connectivity index (χ4v) is 5.37. The van der Waals surface area contributed by atoms with E-state index >= 15 is 0 Å². The second-order valence-corrected chi connectivity index (χ2v) is 10.3. The molecular weight excluding hydrogens is 555 g/mol. The Morgan fingerprint density at radius 3 is 2.67 bits per heavy atom.